The van der Waals surface area contributed by atoms with Crippen molar-refractivity contribution in [2.75, 3.05) is 67.1 Å². The van der Waals surface area contributed by atoms with E-state index < -0.39 is 9.85 Å². The van der Waals surface area contributed by atoms with Gasteiger partial charge in [0.1, 0.15) is 37.9 Å². The molecule has 0 radical (unpaired) electrons. The van der Waals surface area contributed by atoms with Crippen LogP contribution < -0.4 is 28.4 Å². The van der Waals surface area contributed by atoms with Crippen molar-refractivity contribution >= 4 is 11.4 Å². The van der Waals surface area contributed by atoms with Crippen LogP contribution in [0.4, 0.5) is 11.4 Å². The molecule has 0 aliphatic heterocycles. The fraction of sp³-hybridized carbons (Fsp3) is 0.333. The summed E-state index contributed by atoms with van der Waals surface area (Å²) in [7, 11) is 3.17. The average Bonchev–Trinajstić information content (AvgIpc) is 3.15. The number of hydrogen-bond acceptors (Lipinski definition) is 13. The molecule has 0 fully saturated rings. The standard InChI is InChI=1S/C36H40N2O13/c1-43-31-9-3-27(4-10-31)25-50-33-13-7-29(37(39)40)23-35(33)48-21-19-46-17-15-45-16-18-47-20-22-49-36-24-30(38(41)42)8-14-34(36)51-26-28-5-11-32(44-2)12-6-28/h3-14,23-24H,15-22,25-26H2,1-2H3. The first kappa shape index (κ1) is 38.2. The van der Waals surface area contributed by atoms with Gasteiger partial charge in [-0.15, -0.1) is 0 Å². The zero-order chi connectivity index (χ0) is 36.3. The molecule has 0 heterocycles. The van der Waals surface area contributed by atoms with E-state index in [1.54, 1.807) is 14.2 Å². The molecule has 4 rings (SSSR count). The number of nitro groups is 2. The van der Waals surface area contributed by atoms with Crippen molar-refractivity contribution in [2.45, 2.75) is 13.2 Å². The maximum absolute atomic E-state index is 11.3. The summed E-state index contributed by atoms with van der Waals surface area (Å²) in [6.45, 7) is 2.44. The Bertz CT molecular complexity index is 1540. The molecule has 4 aromatic carbocycles. The van der Waals surface area contributed by atoms with E-state index in [1.165, 1.54) is 36.4 Å². The molecule has 0 aliphatic carbocycles. The van der Waals surface area contributed by atoms with Gasteiger partial charge in [0.2, 0.25) is 0 Å². The largest absolute Gasteiger partial charge is 0.497 e. The second kappa shape index (κ2) is 20.8. The fourth-order valence-corrected chi connectivity index (χ4v) is 4.41. The van der Waals surface area contributed by atoms with Gasteiger partial charge in [-0.3, -0.25) is 20.2 Å². The van der Waals surface area contributed by atoms with Crippen LogP contribution in [0, 0.1) is 20.2 Å². The molecule has 0 amide bonds. The molecule has 0 bridgehead atoms. The second-order valence-corrected chi connectivity index (χ2v) is 10.6. The number of ether oxygens (including phenoxy) is 9. The Balaban J connectivity index is 1.09. The Kier molecular flexibility index (Phi) is 15.5. The molecule has 0 aromatic heterocycles. The van der Waals surface area contributed by atoms with Crippen molar-refractivity contribution in [3.05, 3.63) is 116 Å². The molecule has 0 spiro atoms. The van der Waals surface area contributed by atoms with Gasteiger partial charge in [0.15, 0.2) is 23.0 Å². The van der Waals surface area contributed by atoms with Gasteiger partial charge in [0.25, 0.3) is 11.4 Å². The fourth-order valence-electron chi connectivity index (χ4n) is 4.41. The van der Waals surface area contributed by atoms with Crippen molar-refractivity contribution in [3.8, 4) is 34.5 Å². The molecule has 15 heteroatoms. The molecule has 0 saturated carbocycles. The van der Waals surface area contributed by atoms with Crippen LogP contribution >= 0.6 is 0 Å². The quantitative estimate of drug-likeness (QED) is 0.0459. The Morgan fingerprint density at radius 3 is 1.14 bits per heavy atom. The molecule has 15 nitrogen and oxygen atoms in total. The van der Waals surface area contributed by atoms with Crippen LogP contribution in [0.15, 0.2) is 84.9 Å². The molecule has 0 unspecified atom stereocenters. The maximum Gasteiger partial charge on any atom is 0.273 e. The van der Waals surface area contributed by atoms with Crippen LogP contribution in [0.25, 0.3) is 0 Å². The first-order chi connectivity index (χ1) is 24.9. The van der Waals surface area contributed by atoms with Crippen LogP contribution in [-0.4, -0.2) is 76.9 Å². The van der Waals surface area contributed by atoms with E-state index in [1.807, 2.05) is 48.5 Å². The van der Waals surface area contributed by atoms with Crippen LogP contribution in [-0.2, 0) is 27.4 Å². The number of nitro benzene ring substituents is 2. The van der Waals surface area contributed by atoms with Gasteiger partial charge in [-0.1, -0.05) is 24.3 Å². The van der Waals surface area contributed by atoms with Gasteiger partial charge in [0, 0.05) is 12.1 Å². The normalized spacial score (nSPS) is 10.7. The Hall–Kier alpha value is -5.64. The third-order valence-corrected chi connectivity index (χ3v) is 7.10. The van der Waals surface area contributed by atoms with Gasteiger partial charge in [-0.05, 0) is 47.5 Å². The Morgan fingerprint density at radius 1 is 0.451 bits per heavy atom. The molecule has 0 N–H and O–H groups in total. The molecular formula is C36H40N2O13. The third kappa shape index (κ3) is 13.0. The smallest absolute Gasteiger partial charge is 0.273 e. The summed E-state index contributed by atoms with van der Waals surface area (Å²) in [6.07, 6.45) is 0. The summed E-state index contributed by atoms with van der Waals surface area (Å²) in [6, 6.07) is 23.1. The van der Waals surface area contributed by atoms with Gasteiger partial charge < -0.3 is 42.6 Å². The number of hydrogen-bond donors (Lipinski definition) is 0. The Morgan fingerprint density at radius 2 is 0.804 bits per heavy atom. The lowest BCUT2D eigenvalue weighted by molar-refractivity contribution is -0.385. The van der Waals surface area contributed by atoms with Gasteiger partial charge in [-0.2, -0.15) is 0 Å². The minimum atomic E-state index is -0.501. The van der Waals surface area contributed by atoms with Crippen molar-refractivity contribution in [1.29, 1.82) is 0 Å². The summed E-state index contributed by atoms with van der Waals surface area (Å²) in [5, 5.41) is 22.6. The van der Waals surface area contributed by atoms with Crippen molar-refractivity contribution in [1.82, 2.24) is 0 Å². The van der Waals surface area contributed by atoms with Gasteiger partial charge in [0.05, 0.1) is 75.8 Å². The van der Waals surface area contributed by atoms with Gasteiger partial charge >= 0.3 is 0 Å². The zero-order valence-corrected chi connectivity index (χ0v) is 28.4. The molecule has 4 aromatic rings. The van der Waals surface area contributed by atoms with Crippen LogP contribution in [0.3, 0.4) is 0 Å². The molecule has 0 atom stereocenters. The summed E-state index contributed by atoms with van der Waals surface area (Å²) >= 11 is 0. The zero-order valence-electron chi connectivity index (χ0n) is 28.4. The molecule has 272 valence electrons. The van der Waals surface area contributed by atoms with E-state index in [9.17, 15) is 20.2 Å². The molecular weight excluding hydrogens is 668 g/mol. The summed E-state index contributed by atoms with van der Waals surface area (Å²) in [4.78, 5) is 21.5. The predicted molar refractivity (Wildman–Crippen MR) is 184 cm³/mol. The minimum Gasteiger partial charge on any atom is -0.497 e. The number of nitrogens with zero attached hydrogens (tertiary/aromatic N) is 2. The molecule has 0 aliphatic rings. The van der Waals surface area contributed by atoms with Gasteiger partial charge in [-0.25, -0.2) is 0 Å². The number of rotatable bonds is 24. The second-order valence-electron chi connectivity index (χ2n) is 10.6. The highest BCUT2D eigenvalue weighted by atomic mass is 16.6. The van der Waals surface area contributed by atoms with Crippen LogP contribution in [0.2, 0.25) is 0 Å². The number of methoxy groups -OCH3 is 2. The summed E-state index contributed by atoms with van der Waals surface area (Å²) in [5.74, 6) is 2.66. The highest BCUT2D eigenvalue weighted by Crippen LogP contribution is 2.33. The van der Waals surface area contributed by atoms with E-state index >= 15 is 0 Å². The predicted octanol–water partition coefficient (Wildman–Crippen LogP) is 6.19. The van der Waals surface area contributed by atoms with Crippen LogP contribution in [0.5, 0.6) is 34.5 Å². The topological polar surface area (TPSA) is 169 Å². The van der Waals surface area contributed by atoms with Crippen molar-refractivity contribution in [2.24, 2.45) is 0 Å². The third-order valence-electron chi connectivity index (χ3n) is 7.10. The SMILES string of the molecule is COc1ccc(COc2ccc([N+](=O)[O-])cc2OCCOCCOCCOCCOc2cc([N+](=O)[O-])ccc2OCc2ccc(OC)cc2)cc1. The summed E-state index contributed by atoms with van der Waals surface area (Å²) in [5.41, 5.74) is 1.55. The lowest BCUT2D eigenvalue weighted by Gasteiger charge is -2.13. The monoisotopic (exact) mass is 708 g/mol. The van der Waals surface area contributed by atoms with Crippen molar-refractivity contribution < 1.29 is 52.5 Å². The van der Waals surface area contributed by atoms with E-state index in [-0.39, 0.29) is 62.5 Å². The highest BCUT2D eigenvalue weighted by Gasteiger charge is 2.15. The van der Waals surface area contributed by atoms with Crippen LogP contribution in [0.1, 0.15) is 11.1 Å². The number of benzene rings is 4. The highest BCUT2D eigenvalue weighted by molar-refractivity contribution is 5.49. The first-order valence-electron chi connectivity index (χ1n) is 15.9. The van der Waals surface area contributed by atoms with E-state index in [2.05, 4.69) is 0 Å². The van der Waals surface area contributed by atoms with E-state index in [0.717, 1.165) is 22.6 Å². The molecule has 0 saturated heterocycles. The lowest BCUT2D eigenvalue weighted by atomic mass is 10.2. The van der Waals surface area contributed by atoms with E-state index in [4.69, 9.17) is 42.6 Å². The summed E-state index contributed by atoms with van der Waals surface area (Å²) < 4.78 is 50.2. The molecule has 51 heavy (non-hydrogen) atoms. The van der Waals surface area contributed by atoms with E-state index in [0.29, 0.717) is 37.9 Å². The lowest BCUT2D eigenvalue weighted by Crippen LogP contribution is -2.14. The number of non-ortho nitro benzene ring substituents is 2. The first-order valence-corrected chi connectivity index (χ1v) is 15.9. The Labute approximate surface area is 294 Å². The minimum absolute atomic E-state index is 0.117. The average molecular weight is 709 g/mol. The maximum atomic E-state index is 11.3. The van der Waals surface area contributed by atoms with Crippen molar-refractivity contribution in [3.63, 3.8) is 0 Å².